The van der Waals surface area contributed by atoms with Gasteiger partial charge < -0.3 is 29.0 Å². The second-order valence-electron chi connectivity index (χ2n) is 7.91. The topological polar surface area (TPSA) is 125 Å². The van der Waals surface area contributed by atoms with Crippen LogP contribution in [0.1, 0.15) is 32.5 Å². The van der Waals surface area contributed by atoms with Crippen LogP contribution in [0.15, 0.2) is 23.4 Å². The Morgan fingerprint density at radius 2 is 1.81 bits per heavy atom. The first kappa shape index (κ1) is 28.0. The molecule has 0 fully saturated rings. The van der Waals surface area contributed by atoms with Crippen LogP contribution in [0.2, 0.25) is 0 Å². The fourth-order valence-corrected chi connectivity index (χ4v) is 5.55. The molecule has 0 aliphatic carbocycles. The van der Waals surface area contributed by atoms with E-state index >= 15 is 0 Å². The molecule has 0 spiro atoms. The van der Waals surface area contributed by atoms with E-state index in [0.29, 0.717) is 39.5 Å². The molecule has 0 radical (unpaired) electrons. The molecule has 0 bridgehead atoms. The Morgan fingerprint density at radius 1 is 1.11 bits per heavy atom. The Morgan fingerprint density at radius 3 is 2.41 bits per heavy atom. The van der Waals surface area contributed by atoms with Gasteiger partial charge in [0.05, 0.1) is 37.5 Å². The molecule has 13 heteroatoms. The van der Waals surface area contributed by atoms with Crippen molar-refractivity contribution in [3.05, 3.63) is 34.2 Å². The zero-order chi connectivity index (χ0) is 27.3. The molecule has 2 aromatic heterocycles. The van der Waals surface area contributed by atoms with Crippen LogP contribution in [0.4, 0.5) is 5.00 Å². The van der Waals surface area contributed by atoms with Crippen LogP contribution in [0.25, 0.3) is 11.4 Å². The van der Waals surface area contributed by atoms with Gasteiger partial charge in [-0.2, -0.15) is 0 Å². The smallest absolute Gasteiger partial charge is 0.341 e. The second-order valence-corrected chi connectivity index (χ2v) is 9.87. The van der Waals surface area contributed by atoms with E-state index in [4.69, 9.17) is 14.2 Å². The van der Waals surface area contributed by atoms with Crippen molar-refractivity contribution in [3.8, 4) is 22.9 Å². The zero-order valence-corrected chi connectivity index (χ0v) is 23.3. The van der Waals surface area contributed by atoms with Gasteiger partial charge in [0.25, 0.3) is 5.91 Å². The third-order valence-corrected chi connectivity index (χ3v) is 7.56. The number of aromatic nitrogens is 3. The predicted molar refractivity (Wildman–Crippen MR) is 142 cm³/mol. The molecule has 0 aliphatic rings. The number of carbonyl (C=O) groups excluding carboxylic acids is 3. The number of nitrogens with zero attached hydrogens (tertiary/aromatic N) is 4. The fraction of sp³-hybridized carbons (Fsp3) is 0.375. The summed E-state index contributed by atoms with van der Waals surface area (Å²) >= 11 is 2.25. The zero-order valence-electron chi connectivity index (χ0n) is 21.7. The van der Waals surface area contributed by atoms with Crippen LogP contribution < -0.4 is 14.8 Å². The molecule has 2 amide bonds. The molecule has 1 N–H and O–H groups in total. The molecule has 198 valence electrons. The van der Waals surface area contributed by atoms with Crippen molar-refractivity contribution in [2.45, 2.75) is 25.5 Å². The highest BCUT2D eigenvalue weighted by Crippen LogP contribution is 2.35. The Hall–Kier alpha value is -3.58. The van der Waals surface area contributed by atoms with Crippen LogP contribution in [-0.4, -0.2) is 78.6 Å². The fourth-order valence-electron chi connectivity index (χ4n) is 3.52. The summed E-state index contributed by atoms with van der Waals surface area (Å²) in [7, 11) is 7.62. The highest BCUT2D eigenvalue weighted by atomic mass is 32.2. The third kappa shape index (κ3) is 5.88. The summed E-state index contributed by atoms with van der Waals surface area (Å²) in [6.45, 7) is 4.19. The number of rotatable bonds is 10. The van der Waals surface area contributed by atoms with Crippen molar-refractivity contribution in [3.63, 3.8) is 0 Å². The van der Waals surface area contributed by atoms with Crippen molar-refractivity contribution in [1.82, 2.24) is 19.7 Å². The van der Waals surface area contributed by atoms with Crippen molar-refractivity contribution in [2.24, 2.45) is 0 Å². The molecular formula is C24H29N5O6S2. The number of anilines is 1. The third-order valence-electron chi connectivity index (χ3n) is 5.40. The van der Waals surface area contributed by atoms with Gasteiger partial charge in [-0.1, -0.05) is 11.8 Å². The van der Waals surface area contributed by atoms with Gasteiger partial charge in [0.1, 0.15) is 5.00 Å². The van der Waals surface area contributed by atoms with Crippen LogP contribution in [0.5, 0.6) is 11.5 Å². The normalized spacial score (nSPS) is 10.7. The van der Waals surface area contributed by atoms with E-state index in [1.54, 1.807) is 41.3 Å². The first-order valence-electron chi connectivity index (χ1n) is 11.2. The number of benzene rings is 1. The highest BCUT2D eigenvalue weighted by molar-refractivity contribution is 7.99. The van der Waals surface area contributed by atoms with Crippen LogP contribution in [0, 0.1) is 6.92 Å². The number of esters is 1. The second kappa shape index (κ2) is 12.1. The molecule has 0 aliphatic heterocycles. The minimum absolute atomic E-state index is 0.0125. The Bertz CT molecular complexity index is 1320. The molecule has 1 aromatic carbocycles. The Labute approximate surface area is 223 Å². The minimum atomic E-state index is -0.625. The number of methoxy groups -OCH3 is 3. The van der Waals surface area contributed by atoms with Gasteiger partial charge in [0.2, 0.25) is 5.91 Å². The van der Waals surface area contributed by atoms with E-state index in [9.17, 15) is 14.4 Å². The molecule has 37 heavy (non-hydrogen) atoms. The largest absolute Gasteiger partial charge is 0.493 e. The first-order valence-corrected chi connectivity index (χ1v) is 13.0. The highest BCUT2D eigenvalue weighted by Gasteiger charge is 2.27. The summed E-state index contributed by atoms with van der Waals surface area (Å²) < 4.78 is 17.5. The summed E-state index contributed by atoms with van der Waals surface area (Å²) in [5, 5.41) is 12.2. The number of nitrogens with one attached hydrogen (secondary N) is 1. The van der Waals surface area contributed by atoms with Crippen LogP contribution in [0.3, 0.4) is 0 Å². The van der Waals surface area contributed by atoms with Gasteiger partial charge in [-0.25, -0.2) is 4.79 Å². The average molecular weight is 548 g/mol. The maximum atomic E-state index is 12.8. The van der Waals surface area contributed by atoms with Gasteiger partial charge in [-0.05, 0) is 37.6 Å². The number of hydrogen-bond donors (Lipinski definition) is 1. The lowest BCUT2D eigenvalue weighted by atomic mass is 10.1. The molecule has 0 atom stereocenters. The van der Waals surface area contributed by atoms with Crippen molar-refractivity contribution in [2.75, 3.05) is 46.5 Å². The number of ether oxygens (including phenoxy) is 3. The van der Waals surface area contributed by atoms with E-state index in [0.717, 1.165) is 16.9 Å². The molecular weight excluding hydrogens is 518 g/mol. The average Bonchev–Trinajstić information content (AvgIpc) is 3.46. The standard InChI is InChI=1S/C24H29N5O6S2/c1-8-29-20(14-9-10-15(33-5)16(11-14)34-6)26-27-24(29)36-12-17(30)25-21-18(23(32)35-7)13(2)19(37-21)22(31)28(3)4/h9-11H,8,12H2,1-7H3,(H,25,30). The molecule has 0 saturated carbocycles. The first-order chi connectivity index (χ1) is 17.7. The van der Waals surface area contributed by atoms with Gasteiger partial charge >= 0.3 is 5.97 Å². The lowest BCUT2D eigenvalue weighted by Crippen LogP contribution is -2.21. The van der Waals surface area contributed by atoms with Crippen molar-refractivity contribution >= 4 is 45.9 Å². The number of thiophene rings is 1. The molecule has 2 heterocycles. The van der Waals surface area contributed by atoms with E-state index < -0.39 is 5.97 Å². The lowest BCUT2D eigenvalue weighted by molar-refractivity contribution is -0.113. The van der Waals surface area contributed by atoms with Gasteiger partial charge in [-0.3, -0.25) is 9.59 Å². The molecule has 0 saturated heterocycles. The molecule has 3 rings (SSSR count). The van der Waals surface area contributed by atoms with Gasteiger partial charge in [0.15, 0.2) is 22.5 Å². The summed E-state index contributed by atoms with van der Waals surface area (Å²) in [6, 6.07) is 5.47. The predicted octanol–water partition coefficient (Wildman–Crippen LogP) is 3.57. The Kier molecular flexibility index (Phi) is 9.16. The summed E-state index contributed by atoms with van der Waals surface area (Å²) in [4.78, 5) is 39.5. The lowest BCUT2D eigenvalue weighted by Gasteiger charge is -2.11. The quantitative estimate of drug-likeness (QED) is 0.299. The number of thioether (sulfide) groups is 1. The maximum absolute atomic E-state index is 12.8. The molecule has 11 nitrogen and oxygen atoms in total. The van der Waals surface area contributed by atoms with Crippen molar-refractivity contribution < 1.29 is 28.6 Å². The summed E-state index contributed by atoms with van der Waals surface area (Å²) in [6.07, 6.45) is 0. The van der Waals surface area contributed by atoms with E-state index in [2.05, 4.69) is 15.5 Å². The molecule has 0 unspecified atom stereocenters. The number of carbonyl (C=O) groups is 3. The van der Waals surface area contributed by atoms with E-state index in [1.807, 2.05) is 23.6 Å². The minimum Gasteiger partial charge on any atom is -0.493 e. The summed E-state index contributed by atoms with van der Waals surface area (Å²) in [5.41, 5.74) is 1.42. The van der Waals surface area contributed by atoms with Crippen LogP contribution >= 0.6 is 23.1 Å². The SMILES string of the molecule is CCn1c(SCC(=O)Nc2sc(C(=O)N(C)C)c(C)c2C(=O)OC)nnc1-c1ccc(OC)c(OC)c1. The van der Waals surface area contributed by atoms with Gasteiger partial charge in [0, 0.05) is 26.2 Å². The van der Waals surface area contributed by atoms with Gasteiger partial charge in [-0.15, -0.1) is 21.5 Å². The Balaban J connectivity index is 1.80. The number of hydrogen-bond acceptors (Lipinski definition) is 10. The van der Waals surface area contributed by atoms with E-state index in [1.165, 1.54) is 23.8 Å². The number of amides is 2. The summed E-state index contributed by atoms with van der Waals surface area (Å²) in [5.74, 6) is 0.558. The van der Waals surface area contributed by atoms with Crippen LogP contribution in [-0.2, 0) is 16.1 Å². The maximum Gasteiger partial charge on any atom is 0.341 e. The van der Waals surface area contributed by atoms with E-state index in [-0.39, 0.29) is 28.1 Å². The van der Waals surface area contributed by atoms with Crippen molar-refractivity contribution in [1.29, 1.82) is 0 Å². The monoisotopic (exact) mass is 547 g/mol. The molecule has 3 aromatic rings.